The lowest BCUT2D eigenvalue weighted by molar-refractivity contribution is 0.669. The van der Waals surface area contributed by atoms with Crippen LogP contribution in [0.3, 0.4) is 0 Å². The van der Waals surface area contributed by atoms with Crippen LogP contribution in [0, 0.1) is 0 Å². The van der Waals surface area contributed by atoms with Gasteiger partial charge >= 0.3 is 0 Å². The number of para-hydroxylation sites is 5. The van der Waals surface area contributed by atoms with Crippen molar-refractivity contribution in [2.75, 3.05) is 0 Å². The molecule has 0 aliphatic rings. The minimum Gasteiger partial charge on any atom is -0.456 e. The SMILES string of the molecule is C/C=C\C=C/C.c1ccc(-n2c3ccccc3c3c4oc5c(ccc6c5c5ccccc5n6-c5cccc(-c6ccc7oc8ccc(-n9c%10ccccc%10c%10ccccc%109)cc8c7c6)c5)c4ccc32)cc1. The summed E-state index contributed by atoms with van der Waals surface area (Å²) in [5.41, 5.74) is 16.1. The van der Waals surface area contributed by atoms with Crippen molar-refractivity contribution in [1.29, 1.82) is 0 Å². The van der Waals surface area contributed by atoms with Gasteiger partial charge in [0.1, 0.15) is 22.3 Å². The van der Waals surface area contributed by atoms with E-state index in [2.05, 4.69) is 226 Å². The normalized spacial score (nSPS) is 12.3. The molecule has 10 aromatic carbocycles. The average molecular weight is 912 g/mol. The van der Waals surface area contributed by atoms with Crippen LogP contribution in [0.5, 0.6) is 0 Å². The molecule has 15 rings (SSSR count). The van der Waals surface area contributed by atoms with E-state index in [9.17, 15) is 0 Å². The summed E-state index contributed by atoms with van der Waals surface area (Å²) in [5, 5.41) is 11.5. The van der Waals surface area contributed by atoms with Crippen molar-refractivity contribution in [3.8, 4) is 28.2 Å². The summed E-state index contributed by atoms with van der Waals surface area (Å²) in [4.78, 5) is 0. The van der Waals surface area contributed by atoms with Gasteiger partial charge in [-0.25, -0.2) is 0 Å². The number of fused-ring (bicyclic) bond motifs is 17. The van der Waals surface area contributed by atoms with Crippen molar-refractivity contribution < 1.29 is 8.83 Å². The predicted octanol–water partition coefficient (Wildman–Crippen LogP) is 18.6. The molecule has 0 saturated heterocycles. The number of allylic oxidation sites excluding steroid dienone is 4. The van der Waals surface area contributed by atoms with Crippen LogP contribution in [0.1, 0.15) is 13.8 Å². The van der Waals surface area contributed by atoms with Crippen LogP contribution in [0.15, 0.2) is 245 Å². The van der Waals surface area contributed by atoms with E-state index in [1.54, 1.807) is 0 Å². The summed E-state index contributed by atoms with van der Waals surface area (Å²) >= 11 is 0. The lowest BCUT2D eigenvalue weighted by Gasteiger charge is -2.10. The lowest BCUT2D eigenvalue weighted by Crippen LogP contribution is -1.94. The summed E-state index contributed by atoms with van der Waals surface area (Å²) in [5.74, 6) is 0. The first-order chi connectivity index (χ1) is 35.2. The minimum absolute atomic E-state index is 0.874. The van der Waals surface area contributed by atoms with E-state index in [-0.39, 0.29) is 0 Å². The molecule has 0 amide bonds. The molecule has 0 unspecified atom stereocenters. The highest BCUT2D eigenvalue weighted by Crippen LogP contribution is 2.45. The molecule has 0 saturated carbocycles. The van der Waals surface area contributed by atoms with Crippen molar-refractivity contribution in [3.63, 3.8) is 0 Å². The van der Waals surface area contributed by atoms with Gasteiger partial charge in [0.25, 0.3) is 0 Å². The fourth-order valence-corrected chi connectivity index (χ4v) is 11.3. The highest BCUT2D eigenvalue weighted by molar-refractivity contribution is 6.29. The maximum atomic E-state index is 7.19. The van der Waals surface area contributed by atoms with Crippen LogP contribution in [0.25, 0.3) is 137 Å². The van der Waals surface area contributed by atoms with Gasteiger partial charge in [-0.1, -0.05) is 133 Å². The zero-order chi connectivity index (χ0) is 47.2. The maximum Gasteiger partial charge on any atom is 0.145 e. The van der Waals surface area contributed by atoms with Crippen LogP contribution in [0.2, 0.25) is 0 Å². The van der Waals surface area contributed by atoms with Crippen molar-refractivity contribution in [1.82, 2.24) is 13.7 Å². The molecule has 5 aromatic heterocycles. The number of hydrogen-bond acceptors (Lipinski definition) is 2. The largest absolute Gasteiger partial charge is 0.456 e. The lowest BCUT2D eigenvalue weighted by atomic mass is 10.0. The Hall–Kier alpha value is -9.32. The van der Waals surface area contributed by atoms with Gasteiger partial charge in [-0.05, 0) is 128 Å². The van der Waals surface area contributed by atoms with Crippen molar-refractivity contribution in [3.05, 3.63) is 237 Å². The summed E-state index contributed by atoms with van der Waals surface area (Å²) in [6, 6.07) is 76.3. The second-order valence-electron chi connectivity index (χ2n) is 18.3. The summed E-state index contributed by atoms with van der Waals surface area (Å²) in [6.45, 7) is 4.00. The fraction of sp³-hybridized carbons (Fsp3) is 0.0303. The van der Waals surface area contributed by atoms with E-state index >= 15 is 0 Å². The first-order valence-corrected chi connectivity index (χ1v) is 24.3. The maximum absolute atomic E-state index is 7.19. The molecular weight excluding hydrogens is 867 g/mol. The van der Waals surface area contributed by atoms with Crippen LogP contribution in [-0.4, -0.2) is 13.7 Å². The van der Waals surface area contributed by atoms with E-state index in [1.165, 1.54) is 27.2 Å². The summed E-state index contributed by atoms with van der Waals surface area (Å²) in [7, 11) is 0. The molecule has 5 nitrogen and oxygen atoms in total. The molecule has 5 heterocycles. The van der Waals surface area contributed by atoms with Gasteiger partial charge < -0.3 is 22.5 Å². The van der Waals surface area contributed by atoms with Gasteiger partial charge in [-0.3, -0.25) is 0 Å². The van der Waals surface area contributed by atoms with E-state index in [0.29, 0.717) is 0 Å². The number of benzene rings is 10. The van der Waals surface area contributed by atoms with E-state index in [4.69, 9.17) is 8.83 Å². The monoisotopic (exact) mass is 911 g/mol. The second-order valence-corrected chi connectivity index (χ2v) is 18.3. The predicted molar refractivity (Wildman–Crippen MR) is 299 cm³/mol. The molecule has 0 fully saturated rings. The Bertz CT molecular complexity index is 4600. The molecule has 0 aliphatic carbocycles. The third-order valence-corrected chi connectivity index (χ3v) is 14.3. The smallest absolute Gasteiger partial charge is 0.145 e. The Labute approximate surface area is 408 Å². The standard InChI is InChI=1S/C60H35N3O2.C6H10/c1-2-14-38(15-3-1)61-51-23-10-6-19-45(51)57-53(61)29-27-43-44-28-30-54-58(60(44)65-59(43)57)46-20-7-11-24-52(46)63(54)39-16-12-13-36(33-39)37-25-31-55-47(34-37)48-35-40(26-32-56(48)64-55)62-49-21-8-4-17-41(49)42-18-5-9-22-50(42)62;1-3-5-6-4-2/h1-35H;3-6H,1-2H3/b;5-3-,6-4-. The quantitative estimate of drug-likeness (QED) is 0.161. The van der Waals surface area contributed by atoms with Gasteiger partial charge in [-0.15, -0.1) is 0 Å². The number of nitrogens with zero attached hydrogens (tertiary/aromatic N) is 3. The Balaban J connectivity index is 0.000000742. The molecule has 0 radical (unpaired) electrons. The van der Waals surface area contributed by atoms with Crippen LogP contribution >= 0.6 is 0 Å². The number of rotatable bonds is 5. The Morgan fingerprint density at radius 2 is 0.746 bits per heavy atom. The first kappa shape index (κ1) is 40.7. The van der Waals surface area contributed by atoms with Gasteiger partial charge in [0.2, 0.25) is 0 Å². The number of furan rings is 2. The molecule has 0 spiro atoms. The van der Waals surface area contributed by atoms with E-state index in [0.717, 1.165) is 110 Å². The molecule has 71 heavy (non-hydrogen) atoms. The fourth-order valence-electron chi connectivity index (χ4n) is 11.3. The Morgan fingerprint density at radius 3 is 1.34 bits per heavy atom. The van der Waals surface area contributed by atoms with E-state index < -0.39 is 0 Å². The topological polar surface area (TPSA) is 41.1 Å². The molecule has 336 valence electrons. The van der Waals surface area contributed by atoms with Crippen molar-refractivity contribution >= 4 is 109 Å². The summed E-state index contributed by atoms with van der Waals surface area (Å²) < 4.78 is 20.8. The van der Waals surface area contributed by atoms with Crippen LogP contribution in [-0.2, 0) is 0 Å². The van der Waals surface area contributed by atoms with Crippen molar-refractivity contribution in [2.24, 2.45) is 0 Å². The number of aromatic nitrogens is 3. The van der Waals surface area contributed by atoms with Gasteiger partial charge in [0, 0.05) is 60.2 Å². The molecule has 0 N–H and O–H groups in total. The van der Waals surface area contributed by atoms with E-state index in [1.807, 2.05) is 38.2 Å². The Morgan fingerprint density at radius 1 is 0.296 bits per heavy atom. The third-order valence-electron chi connectivity index (χ3n) is 14.3. The van der Waals surface area contributed by atoms with Crippen LogP contribution < -0.4 is 0 Å². The molecule has 5 heteroatoms. The highest BCUT2D eigenvalue weighted by atomic mass is 16.3. The minimum atomic E-state index is 0.874. The third kappa shape index (κ3) is 6.19. The molecule has 15 aromatic rings. The van der Waals surface area contributed by atoms with Gasteiger partial charge in [-0.2, -0.15) is 0 Å². The van der Waals surface area contributed by atoms with Gasteiger partial charge in [0.15, 0.2) is 0 Å². The highest BCUT2D eigenvalue weighted by Gasteiger charge is 2.23. The summed E-state index contributed by atoms with van der Waals surface area (Å²) in [6.07, 6.45) is 8.00. The number of hydrogen-bond donors (Lipinski definition) is 0. The molecule has 0 atom stereocenters. The molecule has 0 aliphatic heterocycles. The first-order valence-electron chi connectivity index (χ1n) is 24.3. The zero-order valence-corrected chi connectivity index (χ0v) is 39.2. The molecule has 0 bridgehead atoms. The zero-order valence-electron chi connectivity index (χ0n) is 39.2. The molecular formula is C66H45N3O2. The Kier molecular flexibility index (Phi) is 9.26. The van der Waals surface area contributed by atoms with Gasteiger partial charge in [0.05, 0.1) is 43.9 Å². The average Bonchev–Trinajstić information content (AvgIpc) is 4.24. The van der Waals surface area contributed by atoms with Crippen LogP contribution in [0.4, 0.5) is 0 Å². The second kappa shape index (κ2) is 16.2. The van der Waals surface area contributed by atoms with Crippen molar-refractivity contribution in [2.45, 2.75) is 13.8 Å².